The molecule has 2 aromatic carbocycles. The molecule has 2 rings (SSSR count). The monoisotopic (exact) mass is 495 g/mol. The molecule has 3 N–H and O–H groups in total. The van der Waals surface area contributed by atoms with Crippen LogP contribution in [0, 0.1) is 0 Å². The lowest BCUT2D eigenvalue weighted by Crippen LogP contribution is -2.48. The van der Waals surface area contributed by atoms with Gasteiger partial charge in [0.2, 0.25) is 11.8 Å². The number of benzene rings is 2. The number of rotatable bonds is 11. The molecule has 1 atom stereocenters. The summed E-state index contributed by atoms with van der Waals surface area (Å²) in [6.45, 7) is -2.86. The van der Waals surface area contributed by atoms with Gasteiger partial charge < -0.3 is 25.4 Å². The number of halogens is 3. The van der Waals surface area contributed by atoms with Crippen molar-refractivity contribution < 1.29 is 41.8 Å². The van der Waals surface area contributed by atoms with Crippen LogP contribution in [0.3, 0.4) is 0 Å². The van der Waals surface area contributed by atoms with Gasteiger partial charge in [-0.2, -0.15) is 13.2 Å². The van der Waals surface area contributed by atoms with Crippen molar-refractivity contribution in [3.8, 4) is 0 Å². The van der Waals surface area contributed by atoms with Crippen molar-refractivity contribution in [2.75, 3.05) is 19.7 Å². The van der Waals surface area contributed by atoms with Crippen molar-refractivity contribution in [3.63, 3.8) is 0 Å². The van der Waals surface area contributed by atoms with E-state index >= 15 is 0 Å². The van der Waals surface area contributed by atoms with Gasteiger partial charge in [-0.25, -0.2) is 9.59 Å². The Morgan fingerprint density at radius 3 is 1.94 bits per heavy atom. The Balaban J connectivity index is 1.78. The van der Waals surface area contributed by atoms with Gasteiger partial charge in [0, 0.05) is 6.42 Å². The Bertz CT molecular complexity index is 987. The molecule has 0 aliphatic rings. The van der Waals surface area contributed by atoms with Crippen LogP contribution in [0.25, 0.3) is 0 Å². The molecule has 2 aromatic rings. The fraction of sp³-hybridized carbons (Fsp3) is 0.304. The lowest BCUT2D eigenvalue weighted by atomic mass is 10.1. The van der Waals surface area contributed by atoms with E-state index in [1.807, 2.05) is 0 Å². The Hall–Kier alpha value is -4.09. The van der Waals surface area contributed by atoms with Gasteiger partial charge in [0.05, 0.1) is 6.54 Å². The summed E-state index contributed by atoms with van der Waals surface area (Å²) in [6.07, 6.45) is -5.68. The highest BCUT2D eigenvalue weighted by Gasteiger charge is 2.32. The number of nitrogens with one attached hydrogen (secondary N) is 3. The zero-order valence-electron chi connectivity index (χ0n) is 18.5. The SMILES string of the molecule is O=C(CNC(=O)OCc1ccccc1)NCC(=O)N[C@@H](Cc1ccccc1)C(=O)OCC(F)(F)F. The van der Waals surface area contributed by atoms with Gasteiger partial charge in [0.25, 0.3) is 0 Å². The van der Waals surface area contributed by atoms with Gasteiger partial charge in [-0.1, -0.05) is 60.7 Å². The summed E-state index contributed by atoms with van der Waals surface area (Å²) < 4.78 is 46.4. The quantitative estimate of drug-likeness (QED) is 0.409. The normalized spacial score (nSPS) is 11.6. The van der Waals surface area contributed by atoms with Crippen molar-refractivity contribution >= 4 is 23.9 Å². The summed E-state index contributed by atoms with van der Waals surface area (Å²) in [4.78, 5) is 47.8. The minimum Gasteiger partial charge on any atom is -0.454 e. The molecule has 0 saturated heterocycles. The molecule has 0 aliphatic carbocycles. The Morgan fingerprint density at radius 2 is 1.34 bits per heavy atom. The number of alkyl halides is 3. The van der Waals surface area contributed by atoms with Crippen molar-refractivity contribution in [2.24, 2.45) is 0 Å². The molecule has 0 radical (unpaired) electrons. The summed E-state index contributed by atoms with van der Waals surface area (Å²) in [5.41, 5.74) is 1.33. The van der Waals surface area contributed by atoms with E-state index in [9.17, 15) is 32.3 Å². The average Bonchev–Trinajstić information content (AvgIpc) is 2.84. The van der Waals surface area contributed by atoms with Crippen LogP contribution in [0.15, 0.2) is 60.7 Å². The van der Waals surface area contributed by atoms with Crippen LogP contribution in [0.4, 0.5) is 18.0 Å². The molecule has 0 spiro atoms. The van der Waals surface area contributed by atoms with E-state index in [2.05, 4.69) is 20.7 Å². The number of esters is 1. The Kier molecular flexibility index (Phi) is 10.5. The van der Waals surface area contributed by atoms with Gasteiger partial charge in [0.15, 0.2) is 6.61 Å². The molecule has 0 bridgehead atoms. The highest BCUT2D eigenvalue weighted by Crippen LogP contribution is 2.15. The van der Waals surface area contributed by atoms with E-state index in [-0.39, 0.29) is 13.0 Å². The van der Waals surface area contributed by atoms with E-state index in [1.54, 1.807) is 60.7 Å². The van der Waals surface area contributed by atoms with Crippen LogP contribution < -0.4 is 16.0 Å². The molecule has 0 aromatic heterocycles. The van der Waals surface area contributed by atoms with Gasteiger partial charge in [-0.05, 0) is 11.1 Å². The minimum atomic E-state index is -4.72. The topological polar surface area (TPSA) is 123 Å². The third-order valence-corrected chi connectivity index (χ3v) is 4.33. The third kappa shape index (κ3) is 11.6. The molecule has 3 amide bonds. The zero-order valence-corrected chi connectivity index (χ0v) is 18.5. The molecule has 0 fully saturated rings. The first-order chi connectivity index (χ1) is 16.6. The molecular weight excluding hydrogens is 471 g/mol. The first-order valence-electron chi connectivity index (χ1n) is 10.4. The maximum Gasteiger partial charge on any atom is 0.422 e. The molecule has 0 heterocycles. The average molecular weight is 495 g/mol. The van der Waals surface area contributed by atoms with Crippen LogP contribution in [-0.2, 0) is 36.9 Å². The van der Waals surface area contributed by atoms with Gasteiger partial charge in [0.1, 0.15) is 19.2 Å². The third-order valence-electron chi connectivity index (χ3n) is 4.33. The number of carbonyl (C=O) groups is 4. The molecule has 188 valence electrons. The first kappa shape index (κ1) is 27.2. The van der Waals surface area contributed by atoms with Crippen molar-refractivity contribution in [1.29, 1.82) is 0 Å². The van der Waals surface area contributed by atoms with Crippen LogP contribution >= 0.6 is 0 Å². The van der Waals surface area contributed by atoms with Gasteiger partial charge in [-0.15, -0.1) is 0 Å². The maximum atomic E-state index is 12.4. The predicted molar refractivity (Wildman–Crippen MR) is 117 cm³/mol. The predicted octanol–water partition coefficient (Wildman–Crippen LogP) is 1.86. The second-order valence-electron chi connectivity index (χ2n) is 7.22. The van der Waals surface area contributed by atoms with E-state index in [1.165, 1.54) is 0 Å². The zero-order chi connectivity index (χ0) is 25.7. The first-order valence-corrected chi connectivity index (χ1v) is 10.4. The highest BCUT2D eigenvalue weighted by atomic mass is 19.4. The van der Waals surface area contributed by atoms with Crippen molar-refractivity contribution in [2.45, 2.75) is 25.2 Å². The van der Waals surface area contributed by atoms with Gasteiger partial charge in [-0.3, -0.25) is 9.59 Å². The van der Waals surface area contributed by atoms with Crippen LogP contribution in [0.1, 0.15) is 11.1 Å². The number of hydrogen-bond acceptors (Lipinski definition) is 6. The molecule has 0 aliphatic heterocycles. The minimum absolute atomic E-state index is 0.00391. The maximum absolute atomic E-state index is 12.4. The Morgan fingerprint density at radius 1 is 0.771 bits per heavy atom. The number of carbonyl (C=O) groups excluding carboxylic acids is 4. The second-order valence-corrected chi connectivity index (χ2v) is 7.22. The van der Waals surface area contributed by atoms with Crippen molar-refractivity contribution in [1.82, 2.24) is 16.0 Å². The lowest BCUT2D eigenvalue weighted by molar-refractivity contribution is -0.187. The molecule has 0 unspecified atom stereocenters. The summed E-state index contributed by atoms with van der Waals surface area (Å²) >= 11 is 0. The summed E-state index contributed by atoms with van der Waals surface area (Å²) in [5.74, 6) is -2.83. The van der Waals surface area contributed by atoms with Gasteiger partial charge >= 0.3 is 18.2 Å². The molecule has 9 nitrogen and oxygen atoms in total. The number of amides is 3. The fourth-order valence-corrected chi connectivity index (χ4v) is 2.71. The molecule has 12 heteroatoms. The van der Waals surface area contributed by atoms with Crippen LogP contribution in [0.2, 0.25) is 0 Å². The summed E-state index contributed by atoms with van der Waals surface area (Å²) in [7, 11) is 0. The molecular formula is C23H24F3N3O6. The van der Waals surface area contributed by atoms with Crippen LogP contribution in [0.5, 0.6) is 0 Å². The number of hydrogen-bond donors (Lipinski definition) is 3. The van der Waals surface area contributed by atoms with E-state index in [0.29, 0.717) is 5.56 Å². The molecule has 35 heavy (non-hydrogen) atoms. The van der Waals surface area contributed by atoms with E-state index in [0.717, 1.165) is 5.56 Å². The summed E-state index contributed by atoms with van der Waals surface area (Å²) in [6, 6.07) is 15.7. The smallest absolute Gasteiger partial charge is 0.422 e. The lowest BCUT2D eigenvalue weighted by Gasteiger charge is -2.18. The number of alkyl carbamates (subject to hydrolysis) is 1. The van der Waals surface area contributed by atoms with E-state index < -0.39 is 55.8 Å². The van der Waals surface area contributed by atoms with Crippen molar-refractivity contribution in [3.05, 3.63) is 71.8 Å². The standard InChI is InChI=1S/C23H24F3N3O6/c24-23(25,26)15-35-21(32)18(11-16-7-3-1-4-8-16)29-20(31)13-27-19(30)12-28-22(33)34-14-17-9-5-2-6-10-17/h1-10,18H,11-15H2,(H,27,30)(H,28,33)(H,29,31)/t18-/m0/s1. The highest BCUT2D eigenvalue weighted by molar-refractivity contribution is 5.89. The Labute approximate surface area is 199 Å². The number of ether oxygens (including phenoxy) is 2. The summed E-state index contributed by atoms with van der Waals surface area (Å²) in [5, 5.41) is 6.69. The van der Waals surface area contributed by atoms with E-state index in [4.69, 9.17) is 4.74 Å². The fourth-order valence-electron chi connectivity index (χ4n) is 2.71. The largest absolute Gasteiger partial charge is 0.454 e. The van der Waals surface area contributed by atoms with Crippen LogP contribution in [-0.4, -0.2) is 55.8 Å². The molecule has 0 saturated carbocycles. The second kappa shape index (κ2) is 13.6.